The molecule has 9 heteroatoms. The molecule has 152 valence electrons. The molecule has 0 unspecified atom stereocenters. The van der Waals surface area contributed by atoms with Crippen LogP contribution in [-0.2, 0) is 18.4 Å². The molecule has 1 saturated heterocycles. The van der Waals surface area contributed by atoms with Crippen molar-refractivity contribution >= 4 is 41.5 Å². The number of hydrogen-bond donors (Lipinski definition) is 1. The Morgan fingerprint density at radius 2 is 2.11 bits per heavy atom. The summed E-state index contributed by atoms with van der Waals surface area (Å²) in [5.41, 5.74) is 1.84. The molecule has 0 aliphatic carbocycles. The van der Waals surface area contributed by atoms with Gasteiger partial charge in [-0.25, -0.2) is 4.99 Å². The van der Waals surface area contributed by atoms with Crippen LogP contribution in [0.5, 0.6) is 5.75 Å². The lowest BCUT2D eigenvalue weighted by molar-refractivity contribution is -0.120. The molecule has 1 aromatic carbocycles. The van der Waals surface area contributed by atoms with Crippen LogP contribution in [0.1, 0.15) is 12.5 Å². The van der Waals surface area contributed by atoms with Crippen LogP contribution in [-0.4, -0.2) is 59.8 Å². The molecular formula is C19H27IN6O2. The number of amides is 1. The fourth-order valence-corrected chi connectivity index (χ4v) is 3.09. The van der Waals surface area contributed by atoms with Crippen molar-refractivity contribution in [3.8, 4) is 5.75 Å². The molecule has 1 aliphatic rings. The molecule has 0 saturated carbocycles. The minimum Gasteiger partial charge on any atom is -0.496 e. The molecule has 1 aromatic heterocycles. The van der Waals surface area contributed by atoms with Gasteiger partial charge in [-0.15, -0.1) is 24.0 Å². The number of carbonyl (C=O) groups excluding carboxylic acids is 1. The largest absolute Gasteiger partial charge is 0.496 e. The SMILES string of the molecule is CCNC(=NCc1ccccc1OC)N1CCN(c2cnn(C)c2)C(=O)C1.I. The molecule has 2 heterocycles. The van der Waals surface area contributed by atoms with Crippen molar-refractivity contribution in [2.75, 3.05) is 38.2 Å². The van der Waals surface area contributed by atoms with Crippen LogP contribution >= 0.6 is 24.0 Å². The number of nitrogens with one attached hydrogen (secondary N) is 1. The van der Waals surface area contributed by atoms with Gasteiger partial charge in [0, 0.05) is 38.4 Å². The molecule has 0 spiro atoms. The topological polar surface area (TPSA) is 75.0 Å². The van der Waals surface area contributed by atoms with Gasteiger partial charge < -0.3 is 19.9 Å². The first-order valence-electron chi connectivity index (χ1n) is 9.06. The summed E-state index contributed by atoms with van der Waals surface area (Å²) in [6, 6.07) is 7.83. The summed E-state index contributed by atoms with van der Waals surface area (Å²) in [6.07, 6.45) is 3.57. The van der Waals surface area contributed by atoms with Gasteiger partial charge in [0.2, 0.25) is 5.91 Å². The number of guanidine groups is 1. The Balaban J connectivity index is 0.00000280. The second kappa shape index (κ2) is 10.3. The van der Waals surface area contributed by atoms with Gasteiger partial charge in [-0.1, -0.05) is 18.2 Å². The Bertz CT molecular complexity index is 822. The monoisotopic (exact) mass is 498 g/mol. The van der Waals surface area contributed by atoms with Crippen molar-refractivity contribution in [3.63, 3.8) is 0 Å². The summed E-state index contributed by atoms with van der Waals surface area (Å²) in [7, 11) is 3.50. The maximum absolute atomic E-state index is 12.6. The van der Waals surface area contributed by atoms with Crippen LogP contribution < -0.4 is 15.0 Å². The van der Waals surface area contributed by atoms with E-state index in [0.29, 0.717) is 19.6 Å². The average Bonchev–Trinajstić information content (AvgIpc) is 3.11. The third kappa shape index (κ3) is 5.15. The van der Waals surface area contributed by atoms with E-state index in [9.17, 15) is 4.79 Å². The number of anilines is 1. The molecule has 1 fully saturated rings. The number of para-hydroxylation sites is 1. The van der Waals surface area contributed by atoms with Gasteiger partial charge in [0.15, 0.2) is 5.96 Å². The lowest BCUT2D eigenvalue weighted by Gasteiger charge is -2.35. The smallest absolute Gasteiger partial charge is 0.246 e. The molecular weight excluding hydrogens is 471 g/mol. The minimum atomic E-state index is 0. The summed E-state index contributed by atoms with van der Waals surface area (Å²) < 4.78 is 7.10. The van der Waals surface area contributed by atoms with Crippen molar-refractivity contribution in [1.82, 2.24) is 20.0 Å². The summed E-state index contributed by atoms with van der Waals surface area (Å²) in [6.45, 7) is 4.84. The van der Waals surface area contributed by atoms with Crippen LogP contribution in [0.25, 0.3) is 0 Å². The number of aliphatic imine (C=N–C) groups is 1. The van der Waals surface area contributed by atoms with Gasteiger partial charge in [0.05, 0.1) is 25.5 Å². The van der Waals surface area contributed by atoms with E-state index in [1.165, 1.54) is 0 Å². The predicted octanol–water partition coefficient (Wildman–Crippen LogP) is 1.86. The third-order valence-electron chi connectivity index (χ3n) is 4.45. The molecule has 3 rings (SSSR count). The number of ether oxygens (including phenoxy) is 1. The fourth-order valence-electron chi connectivity index (χ4n) is 3.09. The van der Waals surface area contributed by atoms with Crippen molar-refractivity contribution in [2.24, 2.45) is 12.0 Å². The Morgan fingerprint density at radius 3 is 2.75 bits per heavy atom. The van der Waals surface area contributed by atoms with Crippen LogP contribution in [0.15, 0.2) is 41.7 Å². The number of carbonyl (C=O) groups is 1. The van der Waals surface area contributed by atoms with Gasteiger partial charge in [-0.05, 0) is 13.0 Å². The molecule has 1 amide bonds. The van der Waals surface area contributed by atoms with E-state index in [2.05, 4.69) is 10.4 Å². The quantitative estimate of drug-likeness (QED) is 0.387. The molecule has 0 radical (unpaired) electrons. The molecule has 0 bridgehead atoms. The number of benzene rings is 1. The lowest BCUT2D eigenvalue weighted by Crippen LogP contribution is -2.55. The second-order valence-electron chi connectivity index (χ2n) is 6.32. The molecule has 0 atom stereocenters. The Kier molecular flexibility index (Phi) is 8.09. The van der Waals surface area contributed by atoms with E-state index in [1.807, 2.05) is 49.3 Å². The number of rotatable bonds is 5. The highest BCUT2D eigenvalue weighted by Gasteiger charge is 2.27. The van der Waals surface area contributed by atoms with E-state index in [1.54, 1.807) is 22.9 Å². The summed E-state index contributed by atoms with van der Waals surface area (Å²) >= 11 is 0. The maximum atomic E-state index is 12.6. The summed E-state index contributed by atoms with van der Waals surface area (Å²) in [4.78, 5) is 21.1. The van der Waals surface area contributed by atoms with E-state index in [4.69, 9.17) is 9.73 Å². The zero-order valence-electron chi connectivity index (χ0n) is 16.5. The van der Waals surface area contributed by atoms with Crippen LogP contribution in [0.3, 0.4) is 0 Å². The first-order valence-corrected chi connectivity index (χ1v) is 9.06. The van der Waals surface area contributed by atoms with Gasteiger partial charge >= 0.3 is 0 Å². The molecule has 1 N–H and O–H groups in total. The summed E-state index contributed by atoms with van der Waals surface area (Å²) in [5, 5.41) is 7.44. The van der Waals surface area contributed by atoms with Crippen molar-refractivity contribution in [3.05, 3.63) is 42.2 Å². The highest BCUT2D eigenvalue weighted by atomic mass is 127. The van der Waals surface area contributed by atoms with E-state index in [0.717, 1.165) is 29.5 Å². The number of methoxy groups -OCH3 is 1. The number of aryl methyl sites for hydroxylation is 1. The standard InChI is InChI=1S/C19H26N6O2.HI/c1-4-20-19(21-11-15-7-5-6-8-17(15)27-3)24-9-10-25(18(26)14-24)16-12-22-23(2)13-16;/h5-8,12-13H,4,9-11,14H2,1-3H3,(H,20,21);1H. The predicted molar refractivity (Wildman–Crippen MR) is 120 cm³/mol. The van der Waals surface area contributed by atoms with Crippen molar-refractivity contribution < 1.29 is 9.53 Å². The molecule has 8 nitrogen and oxygen atoms in total. The average molecular weight is 498 g/mol. The van der Waals surface area contributed by atoms with Crippen LogP contribution in [0.2, 0.25) is 0 Å². The van der Waals surface area contributed by atoms with Crippen molar-refractivity contribution in [2.45, 2.75) is 13.5 Å². The highest BCUT2D eigenvalue weighted by Crippen LogP contribution is 2.19. The normalized spacial score (nSPS) is 14.7. The lowest BCUT2D eigenvalue weighted by atomic mass is 10.2. The Hall–Kier alpha value is -2.30. The van der Waals surface area contributed by atoms with E-state index >= 15 is 0 Å². The van der Waals surface area contributed by atoms with Gasteiger partial charge in [0.1, 0.15) is 12.3 Å². The first kappa shape index (κ1) is 22.0. The van der Waals surface area contributed by atoms with Crippen LogP contribution in [0, 0.1) is 0 Å². The number of aromatic nitrogens is 2. The van der Waals surface area contributed by atoms with Gasteiger partial charge in [-0.2, -0.15) is 5.10 Å². The highest BCUT2D eigenvalue weighted by molar-refractivity contribution is 14.0. The fraction of sp³-hybridized carbons (Fsp3) is 0.421. The summed E-state index contributed by atoms with van der Waals surface area (Å²) in [5.74, 6) is 1.59. The molecule has 28 heavy (non-hydrogen) atoms. The zero-order valence-corrected chi connectivity index (χ0v) is 18.8. The number of halogens is 1. The Morgan fingerprint density at radius 1 is 1.32 bits per heavy atom. The second-order valence-corrected chi connectivity index (χ2v) is 6.32. The van der Waals surface area contributed by atoms with Crippen LogP contribution in [0.4, 0.5) is 5.69 Å². The number of nitrogens with zero attached hydrogens (tertiary/aromatic N) is 5. The van der Waals surface area contributed by atoms with Crippen molar-refractivity contribution in [1.29, 1.82) is 0 Å². The Labute approximate surface area is 182 Å². The number of hydrogen-bond acceptors (Lipinski definition) is 4. The number of piperazine rings is 1. The molecule has 2 aromatic rings. The molecule has 1 aliphatic heterocycles. The maximum Gasteiger partial charge on any atom is 0.246 e. The minimum absolute atomic E-state index is 0. The van der Waals surface area contributed by atoms with E-state index in [-0.39, 0.29) is 36.4 Å². The van der Waals surface area contributed by atoms with Gasteiger partial charge in [0.25, 0.3) is 0 Å². The first-order chi connectivity index (χ1) is 13.1. The zero-order chi connectivity index (χ0) is 19.2. The van der Waals surface area contributed by atoms with E-state index < -0.39 is 0 Å². The third-order valence-corrected chi connectivity index (χ3v) is 4.45. The van der Waals surface area contributed by atoms with Gasteiger partial charge in [-0.3, -0.25) is 9.48 Å².